The molecule has 2 N–H and O–H groups in total. The van der Waals surface area contributed by atoms with Gasteiger partial charge in [0.1, 0.15) is 0 Å². The van der Waals surface area contributed by atoms with E-state index in [1.165, 1.54) is 6.92 Å². The second-order valence-corrected chi connectivity index (χ2v) is 6.76. The molecule has 28 heavy (non-hydrogen) atoms. The van der Waals surface area contributed by atoms with Gasteiger partial charge in [-0.05, 0) is 49.2 Å². The van der Waals surface area contributed by atoms with Crippen LogP contribution in [0.2, 0.25) is 5.02 Å². The van der Waals surface area contributed by atoms with Gasteiger partial charge in [0.2, 0.25) is 5.91 Å². The average Bonchev–Trinajstić information content (AvgIpc) is 2.68. The van der Waals surface area contributed by atoms with E-state index in [9.17, 15) is 9.59 Å². The first kappa shape index (κ1) is 19.8. The Hall–Kier alpha value is -2.99. The van der Waals surface area contributed by atoms with Crippen LogP contribution in [-0.2, 0) is 17.6 Å². The van der Waals surface area contributed by atoms with Crippen molar-refractivity contribution in [2.24, 2.45) is 0 Å². The first-order chi connectivity index (χ1) is 13.4. The standard InChI is InChI=1S/C21H21ClN4O2/c1-4-16-17(5-2)26-20-10-13(6-8-19(20)25-16)21(28)24-14-7-9-18(15(22)11-14)23-12(3)27/h6-11H,4-5H2,1-3H3,(H,23,27)(H,24,28). The topological polar surface area (TPSA) is 84.0 Å². The minimum Gasteiger partial charge on any atom is -0.325 e. The summed E-state index contributed by atoms with van der Waals surface area (Å²) in [6.07, 6.45) is 1.62. The molecule has 1 aromatic heterocycles. The highest BCUT2D eigenvalue weighted by atomic mass is 35.5. The third-order valence-electron chi connectivity index (χ3n) is 4.29. The van der Waals surface area contributed by atoms with Crippen LogP contribution in [0.15, 0.2) is 36.4 Å². The number of halogens is 1. The SMILES string of the molecule is CCc1nc2ccc(C(=O)Nc3ccc(NC(C)=O)c(Cl)c3)cc2nc1CC. The van der Waals surface area contributed by atoms with E-state index in [-0.39, 0.29) is 11.8 Å². The number of anilines is 2. The molecular weight excluding hydrogens is 376 g/mol. The molecule has 0 bridgehead atoms. The third-order valence-corrected chi connectivity index (χ3v) is 4.60. The van der Waals surface area contributed by atoms with Crippen molar-refractivity contribution in [2.45, 2.75) is 33.6 Å². The quantitative estimate of drug-likeness (QED) is 0.659. The summed E-state index contributed by atoms with van der Waals surface area (Å²) in [5.41, 5.74) is 4.91. The van der Waals surface area contributed by atoms with Crippen LogP contribution in [0, 0.1) is 0 Å². The first-order valence-corrected chi connectivity index (χ1v) is 9.47. The normalized spacial score (nSPS) is 10.7. The number of benzene rings is 2. The number of aromatic nitrogens is 2. The van der Waals surface area contributed by atoms with Crippen molar-refractivity contribution in [3.05, 3.63) is 58.4 Å². The molecule has 0 aliphatic heterocycles. The van der Waals surface area contributed by atoms with Crippen molar-refractivity contribution in [3.8, 4) is 0 Å². The van der Waals surface area contributed by atoms with Gasteiger partial charge in [0, 0.05) is 18.2 Å². The van der Waals surface area contributed by atoms with E-state index in [4.69, 9.17) is 11.6 Å². The van der Waals surface area contributed by atoms with E-state index in [1.807, 2.05) is 13.0 Å². The number of fused-ring (bicyclic) bond motifs is 1. The summed E-state index contributed by atoms with van der Waals surface area (Å²) in [4.78, 5) is 33.1. The van der Waals surface area contributed by atoms with Crippen LogP contribution >= 0.6 is 11.6 Å². The smallest absolute Gasteiger partial charge is 0.255 e. The Bertz CT molecular complexity index is 1070. The Balaban J connectivity index is 1.85. The molecule has 6 nitrogen and oxygen atoms in total. The average molecular weight is 397 g/mol. The van der Waals surface area contributed by atoms with Gasteiger partial charge in [-0.15, -0.1) is 0 Å². The number of nitrogens with one attached hydrogen (secondary N) is 2. The molecule has 0 unspecified atom stereocenters. The number of nitrogens with zero attached hydrogens (tertiary/aromatic N) is 2. The summed E-state index contributed by atoms with van der Waals surface area (Å²) in [5, 5.41) is 5.78. The molecule has 0 spiro atoms. The van der Waals surface area contributed by atoms with Crippen molar-refractivity contribution in [1.82, 2.24) is 9.97 Å². The lowest BCUT2D eigenvalue weighted by Gasteiger charge is -2.10. The molecule has 0 aliphatic rings. The maximum Gasteiger partial charge on any atom is 0.255 e. The van der Waals surface area contributed by atoms with Gasteiger partial charge in [-0.25, -0.2) is 9.97 Å². The highest BCUT2D eigenvalue weighted by Crippen LogP contribution is 2.26. The molecular formula is C21H21ClN4O2. The molecule has 0 saturated carbocycles. The van der Waals surface area contributed by atoms with E-state index in [1.54, 1.807) is 30.3 Å². The van der Waals surface area contributed by atoms with Crippen LogP contribution in [0.25, 0.3) is 11.0 Å². The Labute approximate surface area is 168 Å². The van der Waals surface area contributed by atoms with Gasteiger partial charge in [-0.3, -0.25) is 9.59 Å². The van der Waals surface area contributed by atoms with Crippen LogP contribution in [0.1, 0.15) is 42.5 Å². The number of amides is 2. The minimum absolute atomic E-state index is 0.214. The highest BCUT2D eigenvalue weighted by Gasteiger charge is 2.12. The van der Waals surface area contributed by atoms with Gasteiger partial charge in [-0.2, -0.15) is 0 Å². The summed E-state index contributed by atoms with van der Waals surface area (Å²) >= 11 is 6.16. The number of carbonyl (C=O) groups is 2. The third kappa shape index (κ3) is 4.28. The molecule has 1 heterocycles. The maximum atomic E-state index is 12.6. The molecule has 2 aromatic carbocycles. The Morgan fingerprint density at radius 2 is 1.61 bits per heavy atom. The molecule has 3 rings (SSSR count). The van der Waals surface area contributed by atoms with Gasteiger partial charge in [0.15, 0.2) is 0 Å². The number of hydrogen-bond acceptors (Lipinski definition) is 4. The summed E-state index contributed by atoms with van der Waals surface area (Å²) in [6, 6.07) is 10.2. The van der Waals surface area contributed by atoms with E-state index in [2.05, 4.69) is 27.5 Å². The summed E-state index contributed by atoms with van der Waals surface area (Å²) in [7, 11) is 0. The molecule has 2 amide bonds. The molecule has 144 valence electrons. The van der Waals surface area contributed by atoms with E-state index in [0.29, 0.717) is 27.5 Å². The fourth-order valence-corrected chi connectivity index (χ4v) is 3.15. The monoisotopic (exact) mass is 396 g/mol. The van der Waals surface area contributed by atoms with Crippen molar-refractivity contribution < 1.29 is 9.59 Å². The van der Waals surface area contributed by atoms with Gasteiger partial charge < -0.3 is 10.6 Å². The lowest BCUT2D eigenvalue weighted by molar-refractivity contribution is -0.114. The highest BCUT2D eigenvalue weighted by molar-refractivity contribution is 6.34. The van der Waals surface area contributed by atoms with Gasteiger partial charge in [-0.1, -0.05) is 25.4 Å². The Kier molecular flexibility index (Phi) is 5.90. The zero-order chi connectivity index (χ0) is 20.3. The number of rotatable bonds is 5. The largest absolute Gasteiger partial charge is 0.325 e. The zero-order valence-electron chi connectivity index (χ0n) is 16.0. The van der Waals surface area contributed by atoms with Gasteiger partial charge in [0.05, 0.1) is 33.1 Å². The number of hydrogen-bond donors (Lipinski definition) is 2. The molecule has 0 saturated heterocycles. The van der Waals surface area contributed by atoms with Gasteiger partial charge in [0.25, 0.3) is 5.91 Å². The Morgan fingerprint density at radius 1 is 0.929 bits per heavy atom. The van der Waals surface area contributed by atoms with Crippen LogP contribution in [0.4, 0.5) is 11.4 Å². The maximum absolute atomic E-state index is 12.6. The van der Waals surface area contributed by atoms with Crippen LogP contribution < -0.4 is 10.6 Å². The summed E-state index contributed by atoms with van der Waals surface area (Å²) in [5.74, 6) is -0.488. The second kappa shape index (κ2) is 8.35. The predicted octanol–water partition coefficient (Wildman–Crippen LogP) is 4.62. The predicted molar refractivity (Wildman–Crippen MR) is 112 cm³/mol. The summed E-state index contributed by atoms with van der Waals surface area (Å²) < 4.78 is 0. The number of carbonyl (C=O) groups excluding carboxylic acids is 2. The molecule has 3 aromatic rings. The number of aryl methyl sites for hydroxylation is 2. The summed E-state index contributed by atoms with van der Waals surface area (Å²) in [6.45, 7) is 5.50. The van der Waals surface area contributed by atoms with E-state index in [0.717, 1.165) is 29.7 Å². The van der Waals surface area contributed by atoms with Crippen molar-refractivity contribution >= 4 is 45.8 Å². The second-order valence-electron chi connectivity index (χ2n) is 6.36. The fourth-order valence-electron chi connectivity index (χ4n) is 2.92. The molecule has 0 atom stereocenters. The van der Waals surface area contributed by atoms with Crippen LogP contribution in [0.5, 0.6) is 0 Å². The molecule has 0 fully saturated rings. The fraction of sp³-hybridized carbons (Fsp3) is 0.238. The molecule has 7 heteroatoms. The minimum atomic E-state index is -0.273. The van der Waals surface area contributed by atoms with E-state index >= 15 is 0 Å². The molecule has 0 radical (unpaired) electrons. The van der Waals surface area contributed by atoms with Gasteiger partial charge >= 0.3 is 0 Å². The lowest BCUT2D eigenvalue weighted by atomic mass is 10.1. The zero-order valence-corrected chi connectivity index (χ0v) is 16.7. The van der Waals surface area contributed by atoms with Crippen molar-refractivity contribution in [1.29, 1.82) is 0 Å². The van der Waals surface area contributed by atoms with E-state index < -0.39 is 0 Å². The van der Waals surface area contributed by atoms with Crippen LogP contribution in [0.3, 0.4) is 0 Å². The Morgan fingerprint density at radius 3 is 2.21 bits per heavy atom. The van der Waals surface area contributed by atoms with Crippen LogP contribution in [-0.4, -0.2) is 21.8 Å². The lowest BCUT2D eigenvalue weighted by Crippen LogP contribution is -2.12. The first-order valence-electron chi connectivity index (χ1n) is 9.09. The molecule has 0 aliphatic carbocycles. The van der Waals surface area contributed by atoms with Crippen molar-refractivity contribution in [3.63, 3.8) is 0 Å². The van der Waals surface area contributed by atoms with Crippen molar-refractivity contribution in [2.75, 3.05) is 10.6 Å².